The number of Topliss-reactive ketones (excluding diaryl/α,β-unsaturated/α-hetero) is 1. The van der Waals surface area contributed by atoms with Crippen molar-refractivity contribution >= 4 is 17.4 Å². The van der Waals surface area contributed by atoms with Crippen molar-refractivity contribution in [2.75, 3.05) is 0 Å². The van der Waals surface area contributed by atoms with E-state index in [4.69, 9.17) is 16.3 Å². The first-order valence-corrected chi connectivity index (χ1v) is 6.87. The number of hydrogen-bond donors (Lipinski definition) is 0. The maximum Gasteiger partial charge on any atom is 0.146 e. The number of ketones is 1. The summed E-state index contributed by atoms with van der Waals surface area (Å²) in [5.74, 6) is 1.01. The van der Waals surface area contributed by atoms with Crippen LogP contribution in [0.15, 0.2) is 18.2 Å². The van der Waals surface area contributed by atoms with E-state index >= 15 is 0 Å². The third-order valence-electron chi connectivity index (χ3n) is 4.16. The summed E-state index contributed by atoms with van der Waals surface area (Å²) < 4.78 is 5.95. The number of rotatable bonds is 4. The highest BCUT2D eigenvalue weighted by molar-refractivity contribution is 6.32. The van der Waals surface area contributed by atoms with Crippen molar-refractivity contribution in [2.24, 2.45) is 5.41 Å². The summed E-state index contributed by atoms with van der Waals surface area (Å²) in [6.07, 6.45) is 2.14. The van der Waals surface area contributed by atoms with Crippen molar-refractivity contribution in [3.05, 3.63) is 28.8 Å². The Morgan fingerprint density at radius 3 is 2.56 bits per heavy atom. The van der Waals surface area contributed by atoms with Gasteiger partial charge in [0, 0.05) is 6.42 Å². The third-order valence-corrected chi connectivity index (χ3v) is 4.46. The lowest BCUT2D eigenvalue weighted by Gasteiger charge is -2.46. The molecular weight excluding hydrogens is 248 g/mol. The maximum atomic E-state index is 11.8. The largest absolute Gasteiger partial charge is 0.487 e. The molecule has 1 saturated carbocycles. The van der Waals surface area contributed by atoms with E-state index in [1.807, 2.05) is 39.0 Å². The smallest absolute Gasteiger partial charge is 0.146 e. The number of carbonyl (C=O) groups excluding carboxylic acids is 1. The summed E-state index contributed by atoms with van der Waals surface area (Å²) in [4.78, 5) is 11.8. The molecule has 0 N–H and O–H groups in total. The molecule has 0 aromatic heterocycles. The fourth-order valence-corrected chi connectivity index (χ4v) is 3.00. The van der Waals surface area contributed by atoms with Crippen LogP contribution < -0.4 is 4.74 Å². The van der Waals surface area contributed by atoms with Gasteiger partial charge < -0.3 is 4.74 Å². The van der Waals surface area contributed by atoms with Gasteiger partial charge in [-0.15, -0.1) is 0 Å². The summed E-state index contributed by atoms with van der Waals surface area (Å²) in [5.41, 5.74) is 0.808. The zero-order valence-corrected chi connectivity index (χ0v) is 11.9. The van der Waals surface area contributed by atoms with Gasteiger partial charge in [-0.25, -0.2) is 0 Å². The van der Waals surface area contributed by atoms with E-state index < -0.39 is 0 Å². The van der Waals surface area contributed by atoms with Gasteiger partial charge in [0.25, 0.3) is 0 Å². The van der Waals surface area contributed by atoms with Gasteiger partial charge in [-0.05, 0) is 37.5 Å². The molecule has 1 atom stereocenters. The van der Waals surface area contributed by atoms with E-state index in [2.05, 4.69) is 0 Å². The number of ether oxygens (including phenoxy) is 1. The summed E-state index contributed by atoms with van der Waals surface area (Å²) in [7, 11) is 0. The van der Waals surface area contributed by atoms with Gasteiger partial charge in [-0.3, -0.25) is 4.79 Å². The van der Waals surface area contributed by atoms with E-state index in [1.54, 1.807) is 0 Å². The van der Waals surface area contributed by atoms with Crippen LogP contribution in [-0.2, 0) is 4.79 Å². The Kier molecular flexibility index (Phi) is 3.67. The molecule has 3 heteroatoms. The first kappa shape index (κ1) is 13.4. The molecule has 1 unspecified atom stereocenters. The predicted octanol–water partition coefficient (Wildman–Crippen LogP) is 4.18. The number of benzene rings is 1. The molecule has 1 aliphatic rings. The molecule has 0 heterocycles. The second kappa shape index (κ2) is 4.93. The third kappa shape index (κ3) is 2.03. The van der Waals surface area contributed by atoms with Gasteiger partial charge in [0.15, 0.2) is 0 Å². The number of aryl methyl sites for hydroxylation is 1. The molecule has 1 aromatic rings. The van der Waals surface area contributed by atoms with Crippen molar-refractivity contribution in [1.29, 1.82) is 0 Å². The van der Waals surface area contributed by atoms with Gasteiger partial charge >= 0.3 is 0 Å². The first-order chi connectivity index (χ1) is 8.53. The summed E-state index contributed by atoms with van der Waals surface area (Å²) >= 11 is 6.16. The maximum absolute atomic E-state index is 11.8. The molecule has 18 heavy (non-hydrogen) atoms. The predicted molar refractivity (Wildman–Crippen MR) is 73.2 cm³/mol. The summed E-state index contributed by atoms with van der Waals surface area (Å²) in [5, 5.41) is 0.621. The van der Waals surface area contributed by atoms with Crippen molar-refractivity contribution in [2.45, 2.75) is 46.1 Å². The molecule has 2 rings (SSSR count). The molecule has 0 aliphatic heterocycles. The Hall–Kier alpha value is -1.02. The van der Waals surface area contributed by atoms with Crippen molar-refractivity contribution in [3.63, 3.8) is 0 Å². The molecule has 1 aliphatic carbocycles. The zero-order chi connectivity index (χ0) is 13.3. The van der Waals surface area contributed by atoms with E-state index in [1.165, 1.54) is 0 Å². The Morgan fingerprint density at radius 1 is 1.39 bits per heavy atom. The van der Waals surface area contributed by atoms with Crippen LogP contribution in [0.2, 0.25) is 5.02 Å². The average molecular weight is 267 g/mol. The Morgan fingerprint density at radius 2 is 2.06 bits per heavy atom. The van der Waals surface area contributed by atoms with E-state index in [0.717, 1.165) is 18.4 Å². The minimum atomic E-state index is -0.297. The Bertz CT molecular complexity index is 464. The molecule has 0 radical (unpaired) electrons. The Labute approximate surface area is 113 Å². The highest BCUT2D eigenvalue weighted by Gasteiger charge is 2.53. The van der Waals surface area contributed by atoms with Crippen molar-refractivity contribution in [1.82, 2.24) is 0 Å². The van der Waals surface area contributed by atoms with Gasteiger partial charge in [0.1, 0.15) is 17.6 Å². The van der Waals surface area contributed by atoms with Crippen molar-refractivity contribution in [3.8, 4) is 5.75 Å². The topological polar surface area (TPSA) is 26.3 Å². The van der Waals surface area contributed by atoms with Crippen LogP contribution in [0.5, 0.6) is 5.75 Å². The van der Waals surface area contributed by atoms with E-state index in [0.29, 0.717) is 23.0 Å². The number of halogens is 1. The lowest BCUT2D eigenvalue weighted by Crippen LogP contribution is -2.56. The fourth-order valence-electron chi connectivity index (χ4n) is 2.72. The molecule has 0 amide bonds. The highest BCUT2D eigenvalue weighted by atomic mass is 35.5. The fraction of sp³-hybridized carbons (Fsp3) is 0.533. The quantitative estimate of drug-likeness (QED) is 0.817. The van der Waals surface area contributed by atoms with Crippen LogP contribution in [0.3, 0.4) is 0 Å². The van der Waals surface area contributed by atoms with Gasteiger partial charge in [-0.2, -0.15) is 0 Å². The van der Waals surface area contributed by atoms with Gasteiger partial charge in [0.05, 0.1) is 10.4 Å². The summed E-state index contributed by atoms with van der Waals surface area (Å²) in [6, 6.07) is 5.74. The second-order valence-corrected chi connectivity index (χ2v) is 5.44. The lowest BCUT2D eigenvalue weighted by molar-refractivity contribution is -0.153. The molecule has 0 bridgehead atoms. The molecule has 0 saturated heterocycles. The molecule has 2 nitrogen and oxygen atoms in total. The monoisotopic (exact) mass is 266 g/mol. The molecular formula is C15H19ClO2. The van der Waals surface area contributed by atoms with E-state index in [9.17, 15) is 4.79 Å². The zero-order valence-electron chi connectivity index (χ0n) is 11.1. The van der Waals surface area contributed by atoms with Crippen LogP contribution in [-0.4, -0.2) is 11.9 Å². The van der Waals surface area contributed by atoms with Gasteiger partial charge in [0.2, 0.25) is 0 Å². The van der Waals surface area contributed by atoms with Crippen LogP contribution in [0, 0.1) is 12.3 Å². The van der Waals surface area contributed by atoms with Crippen LogP contribution in [0.25, 0.3) is 0 Å². The minimum Gasteiger partial charge on any atom is -0.487 e. The van der Waals surface area contributed by atoms with Crippen LogP contribution in [0.1, 0.15) is 38.7 Å². The lowest BCUT2D eigenvalue weighted by atomic mass is 9.61. The van der Waals surface area contributed by atoms with Crippen molar-refractivity contribution < 1.29 is 9.53 Å². The Balaban J connectivity index is 2.17. The minimum absolute atomic E-state index is 0.0276. The van der Waals surface area contributed by atoms with Crippen LogP contribution in [0.4, 0.5) is 0 Å². The van der Waals surface area contributed by atoms with Crippen LogP contribution >= 0.6 is 11.6 Å². The molecule has 0 spiro atoms. The standard InChI is InChI=1S/C15H19ClO2/c1-4-15(5-2)13(17)9-14(15)18-12-7-6-10(3)8-11(12)16/h6-8,14H,4-5,9H2,1-3H3. The van der Waals surface area contributed by atoms with Gasteiger partial charge in [-0.1, -0.05) is 31.5 Å². The molecule has 1 aromatic carbocycles. The van der Waals surface area contributed by atoms with E-state index in [-0.39, 0.29) is 11.5 Å². The second-order valence-electron chi connectivity index (χ2n) is 5.03. The molecule has 98 valence electrons. The first-order valence-electron chi connectivity index (χ1n) is 6.49. The number of carbonyl (C=O) groups is 1. The number of hydrogen-bond acceptors (Lipinski definition) is 2. The normalized spacial score (nSPS) is 21.6. The molecule has 1 fully saturated rings. The summed E-state index contributed by atoms with van der Waals surface area (Å²) in [6.45, 7) is 6.09. The highest BCUT2D eigenvalue weighted by Crippen LogP contribution is 2.46. The SMILES string of the molecule is CCC1(CC)C(=O)CC1Oc1ccc(C)cc1Cl. The average Bonchev–Trinajstić information content (AvgIpc) is 2.33.